The SMILES string of the molecule is C[C@@H]1c2ccccc2-c2ccc(F)cc2N1S(=O)(=O)c1ccc(O)cc1O. The van der Waals surface area contributed by atoms with Crippen LogP contribution in [0.5, 0.6) is 11.5 Å². The molecule has 7 heteroatoms. The van der Waals surface area contributed by atoms with Crippen molar-refractivity contribution >= 4 is 15.7 Å². The Hall–Kier alpha value is -3.06. The molecule has 0 aliphatic carbocycles. The molecule has 3 aromatic carbocycles. The molecule has 0 aromatic heterocycles. The van der Waals surface area contributed by atoms with Gasteiger partial charge in [0.25, 0.3) is 10.0 Å². The van der Waals surface area contributed by atoms with E-state index < -0.39 is 27.6 Å². The molecular formula is C20H16FNO4S. The summed E-state index contributed by atoms with van der Waals surface area (Å²) in [6, 6.07) is 14.0. The van der Waals surface area contributed by atoms with Gasteiger partial charge in [-0.25, -0.2) is 12.8 Å². The van der Waals surface area contributed by atoms with Crippen LogP contribution in [0.3, 0.4) is 0 Å². The van der Waals surface area contributed by atoms with E-state index in [1.165, 1.54) is 18.2 Å². The topological polar surface area (TPSA) is 77.8 Å². The van der Waals surface area contributed by atoms with Crippen LogP contribution in [0.2, 0.25) is 0 Å². The van der Waals surface area contributed by atoms with E-state index in [1.807, 2.05) is 24.3 Å². The third-order valence-electron chi connectivity index (χ3n) is 4.73. The van der Waals surface area contributed by atoms with Crippen LogP contribution in [0.15, 0.2) is 65.6 Å². The van der Waals surface area contributed by atoms with E-state index in [4.69, 9.17) is 0 Å². The second kappa shape index (κ2) is 5.99. The summed E-state index contributed by atoms with van der Waals surface area (Å²) in [5.74, 6) is -1.38. The molecule has 138 valence electrons. The van der Waals surface area contributed by atoms with Crippen molar-refractivity contribution in [3.05, 3.63) is 72.0 Å². The molecule has 1 heterocycles. The third kappa shape index (κ3) is 2.62. The zero-order valence-corrected chi connectivity index (χ0v) is 15.1. The van der Waals surface area contributed by atoms with Crippen molar-refractivity contribution in [2.24, 2.45) is 0 Å². The first-order valence-corrected chi connectivity index (χ1v) is 9.70. The number of sulfonamides is 1. The van der Waals surface area contributed by atoms with Gasteiger partial charge < -0.3 is 10.2 Å². The lowest BCUT2D eigenvalue weighted by molar-refractivity contribution is 0.439. The largest absolute Gasteiger partial charge is 0.508 e. The lowest BCUT2D eigenvalue weighted by atomic mass is 9.90. The maximum atomic E-state index is 14.0. The van der Waals surface area contributed by atoms with E-state index in [1.54, 1.807) is 13.0 Å². The van der Waals surface area contributed by atoms with Gasteiger partial charge in [-0.15, -0.1) is 0 Å². The number of phenols is 2. The molecule has 0 saturated heterocycles. The first-order chi connectivity index (χ1) is 12.8. The standard InChI is InChI=1S/C20H16FNO4S/c1-12-15-4-2-3-5-16(15)17-8-6-13(21)10-18(17)22(12)27(25,26)20-9-7-14(23)11-19(20)24/h2-12,23-24H,1H3/t12-/m1/s1. The first-order valence-electron chi connectivity index (χ1n) is 8.26. The van der Waals surface area contributed by atoms with Gasteiger partial charge in [-0.05, 0) is 48.4 Å². The van der Waals surface area contributed by atoms with Gasteiger partial charge in [0.05, 0.1) is 11.7 Å². The van der Waals surface area contributed by atoms with Crippen LogP contribution < -0.4 is 4.31 Å². The Morgan fingerprint density at radius 1 is 0.963 bits per heavy atom. The maximum absolute atomic E-state index is 14.0. The number of phenolic OH excluding ortho intramolecular Hbond substituents is 2. The Bertz CT molecular complexity index is 1160. The summed E-state index contributed by atoms with van der Waals surface area (Å²) in [5.41, 5.74) is 2.40. The predicted octanol–water partition coefficient (Wildman–Crippen LogP) is 4.17. The Kier molecular flexibility index (Phi) is 3.85. The van der Waals surface area contributed by atoms with Gasteiger partial charge in [-0.3, -0.25) is 4.31 Å². The molecule has 0 spiro atoms. The van der Waals surface area contributed by atoms with E-state index in [0.29, 0.717) is 5.56 Å². The zero-order valence-electron chi connectivity index (χ0n) is 14.3. The van der Waals surface area contributed by atoms with E-state index in [2.05, 4.69) is 0 Å². The summed E-state index contributed by atoms with van der Waals surface area (Å²) < 4.78 is 41.9. The van der Waals surface area contributed by atoms with Crippen LogP contribution >= 0.6 is 0 Å². The number of fused-ring (bicyclic) bond motifs is 3. The maximum Gasteiger partial charge on any atom is 0.268 e. The monoisotopic (exact) mass is 385 g/mol. The minimum Gasteiger partial charge on any atom is -0.508 e. The second-order valence-corrected chi connectivity index (χ2v) is 8.16. The number of aromatic hydroxyl groups is 2. The number of hydrogen-bond donors (Lipinski definition) is 2. The smallest absolute Gasteiger partial charge is 0.268 e. The fourth-order valence-corrected chi connectivity index (χ4v) is 5.24. The minimum atomic E-state index is -4.23. The van der Waals surface area contributed by atoms with Gasteiger partial charge in [0.1, 0.15) is 22.2 Å². The van der Waals surface area contributed by atoms with E-state index in [-0.39, 0.29) is 16.3 Å². The molecule has 0 saturated carbocycles. The Labute approximate surface area is 156 Å². The van der Waals surface area contributed by atoms with Crippen molar-refractivity contribution in [1.29, 1.82) is 0 Å². The van der Waals surface area contributed by atoms with Gasteiger partial charge >= 0.3 is 0 Å². The summed E-state index contributed by atoms with van der Waals surface area (Å²) in [6.45, 7) is 1.71. The zero-order chi connectivity index (χ0) is 19.3. The van der Waals surface area contributed by atoms with Crippen LogP contribution in [0.1, 0.15) is 18.5 Å². The molecule has 5 nitrogen and oxygen atoms in total. The molecule has 2 N–H and O–H groups in total. The molecule has 27 heavy (non-hydrogen) atoms. The summed E-state index contributed by atoms with van der Waals surface area (Å²) in [5, 5.41) is 19.6. The van der Waals surface area contributed by atoms with Crippen molar-refractivity contribution in [2.75, 3.05) is 4.31 Å². The van der Waals surface area contributed by atoms with Crippen molar-refractivity contribution in [2.45, 2.75) is 17.9 Å². The molecule has 0 fully saturated rings. The van der Waals surface area contributed by atoms with Crippen molar-refractivity contribution < 1.29 is 23.0 Å². The lowest BCUT2D eigenvalue weighted by Crippen LogP contribution is -2.36. The molecule has 4 rings (SSSR count). The lowest BCUT2D eigenvalue weighted by Gasteiger charge is -2.37. The van der Waals surface area contributed by atoms with Gasteiger partial charge in [0.15, 0.2) is 0 Å². The van der Waals surface area contributed by atoms with Crippen LogP contribution in [-0.4, -0.2) is 18.6 Å². The fraction of sp³-hybridized carbons (Fsp3) is 0.100. The average molecular weight is 385 g/mol. The molecule has 1 aliphatic rings. The van der Waals surface area contributed by atoms with E-state index in [9.17, 15) is 23.0 Å². The number of hydrogen-bond acceptors (Lipinski definition) is 4. The van der Waals surface area contributed by atoms with Crippen LogP contribution in [0.25, 0.3) is 11.1 Å². The average Bonchev–Trinajstić information content (AvgIpc) is 2.61. The highest BCUT2D eigenvalue weighted by Crippen LogP contribution is 2.48. The molecule has 1 atom stereocenters. The van der Waals surface area contributed by atoms with Crippen molar-refractivity contribution in [3.8, 4) is 22.6 Å². The Morgan fingerprint density at radius 2 is 1.70 bits per heavy atom. The van der Waals surface area contributed by atoms with Crippen LogP contribution in [0, 0.1) is 5.82 Å². The highest BCUT2D eigenvalue weighted by atomic mass is 32.2. The quantitative estimate of drug-likeness (QED) is 0.694. The van der Waals surface area contributed by atoms with Gasteiger partial charge in [-0.1, -0.05) is 24.3 Å². The first kappa shape index (κ1) is 17.4. The molecule has 0 unspecified atom stereocenters. The summed E-state index contributed by atoms with van der Waals surface area (Å²) in [6.07, 6.45) is 0. The van der Waals surface area contributed by atoms with Crippen LogP contribution in [0.4, 0.5) is 10.1 Å². The Morgan fingerprint density at radius 3 is 2.44 bits per heavy atom. The van der Waals surface area contributed by atoms with Gasteiger partial charge in [0.2, 0.25) is 0 Å². The van der Waals surface area contributed by atoms with Gasteiger partial charge in [-0.2, -0.15) is 0 Å². The number of anilines is 1. The number of benzene rings is 3. The van der Waals surface area contributed by atoms with Gasteiger partial charge in [0, 0.05) is 11.6 Å². The highest BCUT2D eigenvalue weighted by molar-refractivity contribution is 7.93. The van der Waals surface area contributed by atoms with E-state index >= 15 is 0 Å². The predicted molar refractivity (Wildman–Crippen MR) is 99.7 cm³/mol. The Balaban J connectivity index is 1.99. The second-order valence-electron chi connectivity index (χ2n) is 6.38. The molecule has 0 radical (unpaired) electrons. The third-order valence-corrected chi connectivity index (χ3v) is 6.66. The fourth-order valence-electron chi connectivity index (χ4n) is 3.52. The summed E-state index contributed by atoms with van der Waals surface area (Å²) >= 11 is 0. The highest BCUT2D eigenvalue weighted by Gasteiger charge is 2.38. The van der Waals surface area contributed by atoms with E-state index in [0.717, 1.165) is 27.6 Å². The molecule has 0 bridgehead atoms. The van der Waals surface area contributed by atoms with Crippen LogP contribution in [-0.2, 0) is 10.0 Å². The summed E-state index contributed by atoms with van der Waals surface area (Å²) in [7, 11) is -4.23. The molecule has 3 aromatic rings. The van der Waals surface area contributed by atoms with Crippen molar-refractivity contribution in [3.63, 3.8) is 0 Å². The number of halogens is 1. The number of nitrogens with zero attached hydrogens (tertiary/aromatic N) is 1. The molecule has 0 amide bonds. The summed E-state index contributed by atoms with van der Waals surface area (Å²) in [4.78, 5) is -0.359. The molecule has 1 aliphatic heterocycles. The number of rotatable bonds is 2. The van der Waals surface area contributed by atoms with Crippen molar-refractivity contribution in [1.82, 2.24) is 0 Å². The normalized spacial score (nSPS) is 15.9. The minimum absolute atomic E-state index is 0.202. The molecular weight excluding hydrogens is 369 g/mol.